The summed E-state index contributed by atoms with van der Waals surface area (Å²) < 4.78 is 29.3. The predicted molar refractivity (Wildman–Crippen MR) is 75.2 cm³/mol. The number of halogens is 3. The van der Waals surface area contributed by atoms with Crippen molar-refractivity contribution in [3.8, 4) is 5.75 Å². The smallest absolute Gasteiger partial charge is 0.387 e. The fraction of sp³-hybridized carbons (Fsp3) is 0.0714. The van der Waals surface area contributed by atoms with Crippen molar-refractivity contribution in [2.24, 2.45) is 0 Å². The molecule has 2 aromatic rings. The molecule has 0 radical (unpaired) electrons. The van der Waals surface area contributed by atoms with Gasteiger partial charge in [0.15, 0.2) is 0 Å². The summed E-state index contributed by atoms with van der Waals surface area (Å²) in [6, 6.07) is 12.7. The van der Waals surface area contributed by atoms with Crippen LogP contribution in [0.3, 0.4) is 0 Å². The van der Waals surface area contributed by atoms with Crippen LogP contribution in [0.25, 0.3) is 0 Å². The summed E-state index contributed by atoms with van der Waals surface area (Å²) in [6.07, 6.45) is 0. The van der Waals surface area contributed by atoms with Gasteiger partial charge in [0, 0.05) is 21.8 Å². The number of rotatable bonds is 4. The number of anilines is 1. The molecule has 0 fully saturated rings. The molecule has 0 atom stereocenters. The molecule has 2 rings (SSSR count). The Morgan fingerprint density at radius 3 is 2.60 bits per heavy atom. The van der Waals surface area contributed by atoms with Crippen LogP contribution in [0.1, 0.15) is 10.4 Å². The summed E-state index contributed by atoms with van der Waals surface area (Å²) in [5.74, 6) is -0.340. The Balaban J connectivity index is 2.11. The summed E-state index contributed by atoms with van der Waals surface area (Å²) >= 11 is 3.27. The lowest BCUT2D eigenvalue weighted by atomic mass is 10.2. The third-order valence-electron chi connectivity index (χ3n) is 2.40. The van der Waals surface area contributed by atoms with Gasteiger partial charge in [0.1, 0.15) is 5.75 Å². The Labute approximate surface area is 122 Å². The van der Waals surface area contributed by atoms with Crippen LogP contribution in [0.4, 0.5) is 14.5 Å². The van der Waals surface area contributed by atoms with E-state index < -0.39 is 6.61 Å². The van der Waals surface area contributed by atoms with E-state index in [-0.39, 0.29) is 11.7 Å². The summed E-state index contributed by atoms with van der Waals surface area (Å²) in [5.41, 5.74) is 0.840. The minimum atomic E-state index is -2.90. The number of hydrogen-bond acceptors (Lipinski definition) is 2. The number of amides is 1. The predicted octanol–water partition coefficient (Wildman–Crippen LogP) is 4.30. The van der Waals surface area contributed by atoms with E-state index in [9.17, 15) is 13.6 Å². The van der Waals surface area contributed by atoms with Crippen LogP contribution in [0, 0.1) is 0 Å². The van der Waals surface area contributed by atoms with Gasteiger partial charge in [0.25, 0.3) is 5.91 Å². The molecule has 0 aliphatic carbocycles. The van der Waals surface area contributed by atoms with Gasteiger partial charge >= 0.3 is 6.61 Å². The lowest BCUT2D eigenvalue weighted by Crippen LogP contribution is -2.12. The fourth-order valence-electron chi connectivity index (χ4n) is 1.58. The lowest BCUT2D eigenvalue weighted by Gasteiger charge is -2.08. The second-order valence-corrected chi connectivity index (χ2v) is 4.79. The van der Waals surface area contributed by atoms with Gasteiger partial charge in [-0.3, -0.25) is 4.79 Å². The maximum Gasteiger partial charge on any atom is 0.387 e. The van der Waals surface area contributed by atoms with Crippen LogP contribution in [0.5, 0.6) is 5.75 Å². The molecule has 0 bridgehead atoms. The van der Waals surface area contributed by atoms with Crippen molar-refractivity contribution in [1.29, 1.82) is 0 Å². The van der Waals surface area contributed by atoms with Crippen LogP contribution in [-0.2, 0) is 0 Å². The van der Waals surface area contributed by atoms with Gasteiger partial charge in [-0.1, -0.05) is 28.1 Å². The van der Waals surface area contributed by atoms with Crippen LogP contribution >= 0.6 is 15.9 Å². The highest BCUT2D eigenvalue weighted by Gasteiger charge is 2.08. The first-order valence-electron chi connectivity index (χ1n) is 5.66. The molecule has 3 nitrogen and oxygen atoms in total. The van der Waals surface area contributed by atoms with Gasteiger partial charge in [-0.05, 0) is 30.3 Å². The zero-order valence-electron chi connectivity index (χ0n) is 10.1. The Morgan fingerprint density at radius 1 is 1.15 bits per heavy atom. The zero-order chi connectivity index (χ0) is 14.5. The van der Waals surface area contributed by atoms with Crippen molar-refractivity contribution in [3.63, 3.8) is 0 Å². The number of carbonyl (C=O) groups excluding carboxylic acids is 1. The van der Waals surface area contributed by atoms with Crippen LogP contribution in [0.2, 0.25) is 0 Å². The van der Waals surface area contributed by atoms with Gasteiger partial charge < -0.3 is 10.1 Å². The fourth-order valence-corrected chi connectivity index (χ4v) is 1.98. The highest BCUT2D eigenvalue weighted by molar-refractivity contribution is 9.10. The molecule has 0 aliphatic heterocycles. The van der Waals surface area contributed by atoms with Crippen molar-refractivity contribution < 1.29 is 18.3 Å². The van der Waals surface area contributed by atoms with Gasteiger partial charge in [-0.15, -0.1) is 0 Å². The third kappa shape index (κ3) is 4.03. The molecule has 1 N–H and O–H groups in total. The molecule has 2 aromatic carbocycles. The average molecular weight is 342 g/mol. The largest absolute Gasteiger partial charge is 0.435 e. The molecule has 104 valence electrons. The first kappa shape index (κ1) is 14.5. The maximum absolute atomic E-state index is 12.1. The molecule has 0 aliphatic rings. The molecule has 0 saturated heterocycles. The lowest BCUT2D eigenvalue weighted by molar-refractivity contribution is -0.0497. The minimum absolute atomic E-state index is 0.00737. The highest BCUT2D eigenvalue weighted by atomic mass is 79.9. The van der Waals surface area contributed by atoms with Gasteiger partial charge in [0.05, 0.1) is 0 Å². The van der Waals surface area contributed by atoms with Crippen LogP contribution in [0.15, 0.2) is 53.0 Å². The van der Waals surface area contributed by atoms with E-state index in [1.165, 1.54) is 18.2 Å². The number of ether oxygens (including phenoxy) is 1. The first-order chi connectivity index (χ1) is 9.54. The Bertz CT molecular complexity index is 620. The van der Waals surface area contributed by atoms with Gasteiger partial charge in [0.2, 0.25) is 0 Å². The Morgan fingerprint density at radius 2 is 1.90 bits per heavy atom. The molecule has 0 heterocycles. The standard InChI is InChI=1S/C14H10BrF2NO2/c15-10-4-1-3-9(7-10)13(19)18-11-5-2-6-12(8-11)20-14(16)17/h1-8,14H,(H,18,19). The van der Waals surface area contributed by atoms with E-state index in [0.717, 1.165) is 4.47 Å². The van der Waals surface area contributed by atoms with Gasteiger partial charge in [-0.25, -0.2) is 0 Å². The molecule has 0 spiro atoms. The van der Waals surface area contributed by atoms with E-state index in [4.69, 9.17) is 0 Å². The quantitative estimate of drug-likeness (QED) is 0.900. The molecule has 0 unspecified atom stereocenters. The minimum Gasteiger partial charge on any atom is -0.435 e. The van der Waals surface area contributed by atoms with Crippen molar-refractivity contribution in [2.75, 3.05) is 5.32 Å². The summed E-state index contributed by atoms with van der Waals surface area (Å²) in [6.45, 7) is -2.90. The van der Waals surface area contributed by atoms with Crippen molar-refractivity contribution in [3.05, 3.63) is 58.6 Å². The van der Waals surface area contributed by atoms with E-state index in [1.54, 1.807) is 30.3 Å². The van der Waals surface area contributed by atoms with E-state index in [0.29, 0.717) is 11.3 Å². The second-order valence-electron chi connectivity index (χ2n) is 3.87. The maximum atomic E-state index is 12.1. The van der Waals surface area contributed by atoms with Crippen molar-refractivity contribution in [1.82, 2.24) is 0 Å². The summed E-state index contributed by atoms with van der Waals surface area (Å²) in [5, 5.41) is 2.61. The normalized spacial score (nSPS) is 10.4. The number of alkyl halides is 2. The van der Waals surface area contributed by atoms with Crippen LogP contribution in [-0.4, -0.2) is 12.5 Å². The highest BCUT2D eigenvalue weighted by Crippen LogP contribution is 2.20. The van der Waals surface area contributed by atoms with Crippen molar-refractivity contribution >= 4 is 27.5 Å². The summed E-state index contributed by atoms with van der Waals surface area (Å²) in [4.78, 5) is 12.0. The monoisotopic (exact) mass is 341 g/mol. The summed E-state index contributed by atoms with van der Waals surface area (Å²) in [7, 11) is 0. The molecule has 0 aromatic heterocycles. The molecule has 1 amide bonds. The number of carbonyl (C=O) groups is 1. The van der Waals surface area contributed by atoms with E-state index >= 15 is 0 Å². The van der Waals surface area contributed by atoms with E-state index in [1.807, 2.05) is 0 Å². The molecule has 20 heavy (non-hydrogen) atoms. The number of hydrogen-bond donors (Lipinski definition) is 1. The number of benzene rings is 2. The molecular formula is C14H10BrF2NO2. The van der Waals surface area contributed by atoms with Crippen molar-refractivity contribution in [2.45, 2.75) is 6.61 Å². The topological polar surface area (TPSA) is 38.3 Å². The first-order valence-corrected chi connectivity index (χ1v) is 6.46. The van der Waals surface area contributed by atoms with Crippen LogP contribution < -0.4 is 10.1 Å². The second kappa shape index (κ2) is 6.47. The average Bonchev–Trinajstić information content (AvgIpc) is 2.38. The molecular weight excluding hydrogens is 332 g/mol. The molecule has 0 saturated carbocycles. The zero-order valence-corrected chi connectivity index (χ0v) is 11.7. The Hall–Kier alpha value is -1.95. The Kier molecular flexibility index (Phi) is 4.68. The van der Waals surface area contributed by atoms with Gasteiger partial charge in [-0.2, -0.15) is 8.78 Å². The third-order valence-corrected chi connectivity index (χ3v) is 2.90. The SMILES string of the molecule is O=C(Nc1cccc(OC(F)F)c1)c1cccc(Br)c1. The number of nitrogens with one attached hydrogen (secondary N) is 1. The van der Waals surface area contributed by atoms with E-state index in [2.05, 4.69) is 26.0 Å². The molecule has 6 heteroatoms.